The van der Waals surface area contributed by atoms with Gasteiger partial charge in [0.05, 0.1) is 0 Å². The number of amides is 1. The van der Waals surface area contributed by atoms with E-state index in [-0.39, 0.29) is 5.91 Å². The number of hydrogen-bond donors (Lipinski definition) is 2. The van der Waals surface area contributed by atoms with Crippen molar-refractivity contribution in [3.8, 4) is 0 Å². The molecule has 2 aromatic rings. The summed E-state index contributed by atoms with van der Waals surface area (Å²) in [6.07, 6.45) is 5.30. The second kappa shape index (κ2) is 9.73. The molecule has 2 heterocycles. The van der Waals surface area contributed by atoms with Crippen molar-refractivity contribution in [1.82, 2.24) is 25.4 Å². The third-order valence-corrected chi connectivity index (χ3v) is 5.37. The molecule has 0 bridgehead atoms. The van der Waals surface area contributed by atoms with Crippen LogP contribution in [0.1, 0.15) is 47.4 Å². The molecule has 1 amide bonds. The normalized spacial score (nSPS) is 15.6. The number of aryl methyl sites for hydroxylation is 1. The van der Waals surface area contributed by atoms with Gasteiger partial charge in [0, 0.05) is 24.4 Å². The van der Waals surface area contributed by atoms with Gasteiger partial charge >= 0.3 is 0 Å². The van der Waals surface area contributed by atoms with Crippen LogP contribution in [0.25, 0.3) is 0 Å². The third-order valence-electron chi connectivity index (χ3n) is 4.52. The predicted molar refractivity (Wildman–Crippen MR) is 104 cm³/mol. The fraction of sp³-hybridized carbons (Fsp3) is 0.526. The standard InChI is InChI=1S/C19H27N5OS/c1-15-21-19(23-22-15)26-13-10-20-18(25)17-8-6-16(7-9-17)14-24-11-4-2-3-5-12-24/h6-9H,2-5,10-14H2,1H3,(H,20,25)(H,21,22,23). The van der Waals surface area contributed by atoms with E-state index >= 15 is 0 Å². The SMILES string of the molecule is Cc1nc(SCCNC(=O)c2ccc(CN3CCCCCC3)cc2)n[nH]1. The number of aromatic amines is 1. The summed E-state index contributed by atoms with van der Waals surface area (Å²) in [7, 11) is 0. The maximum atomic E-state index is 12.2. The molecule has 0 unspecified atom stereocenters. The fourth-order valence-electron chi connectivity index (χ4n) is 3.11. The Balaban J connectivity index is 1.41. The van der Waals surface area contributed by atoms with Gasteiger partial charge in [0.25, 0.3) is 5.91 Å². The van der Waals surface area contributed by atoms with Gasteiger partial charge in [0.1, 0.15) is 5.82 Å². The van der Waals surface area contributed by atoms with Crippen LogP contribution in [0, 0.1) is 6.92 Å². The van der Waals surface area contributed by atoms with E-state index in [1.165, 1.54) is 56.1 Å². The summed E-state index contributed by atoms with van der Waals surface area (Å²) in [5.41, 5.74) is 1.99. The summed E-state index contributed by atoms with van der Waals surface area (Å²) >= 11 is 1.53. The Labute approximate surface area is 159 Å². The molecule has 0 radical (unpaired) electrons. The summed E-state index contributed by atoms with van der Waals surface area (Å²) in [5, 5.41) is 10.5. The van der Waals surface area contributed by atoms with E-state index in [1.807, 2.05) is 19.1 Å². The summed E-state index contributed by atoms with van der Waals surface area (Å²) in [6, 6.07) is 8.00. The summed E-state index contributed by atoms with van der Waals surface area (Å²) in [5.74, 6) is 1.52. The van der Waals surface area contributed by atoms with Crippen molar-refractivity contribution in [3.63, 3.8) is 0 Å². The largest absolute Gasteiger partial charge is 0.351 e. The quantitative estimate of drug-likeness (QED) is 0.576. The van der Waals surface area contributed by atoms with E-state index in [9.17, 15) is 4.79 Å². The molecule has 3 rings (SSSR count). The number of thioether (sulfide) groups is 1. The lowest BCUT2D eigenvalue weighted by Crippen LogP contribution is -2.26. The maximum absolute atomic E-state index is 12.2. The molecule has 2 N–H and O–H groups in total. The van der Waals surface area contributed by atoms with Crippen LogP contribution in [0.15, 0.2) is 29.4 Å². The van der Waals surface area contributed by atoms with E-state index in [1.54, 1.807) is 0 Å². The van der Waals surface area contributed by atoms with Crippen LogP contribution in [-0.2, 0) is 6.54 Å². The van der Waals surface area contributed by atoms with Crippen molar-refractivity contribution in [3.05, 3.63) is 41.2 Å². The Hall–Kier alpha value is -1.86. The molecule has 140 valence electrons. The van der Waals surface area contributed by atoms with Crippen molar-refractivity contribution in [2.24, 2.45) is 0 Å². The minimum Gasteiger partial charge on any atom is -0.351 e. The predicted octanol–water partition coefficient (Wildman–Crippen LogP) is 3.01. The van der Waals surface area contributed by atoms with E-state index in [0.717, 1.165) is 23.3 Å². The lowest BCUT2D eigenvalue weighted by atomic mass is 10.1. The first-order valence-corrected chi connectivity index (χ1v) is 10.3. The van der Waals surface area contributed by atoms with Crippen LogP contribution < -0.4 is 5.32 Å². The molecule has 1 saturated heterocycles. The summed E-state index contributed by atoms with van der Waals surface area (Å²) in [4.78, 5) is 19.0. The zero-order valence-corrected chi connectivity index (χ0v) is 16.1. The number of aromatic nitrogens is 3. The molecule has 6 nitrogen and oxygen atoms in total. The number of carbonyl (C=O) groups is 1. The zero-order valence-electron chi connectivity index (χ0n) is 15.3. The van der Waals surface area contributed by atoms with E-state index < -0.39 is 0 Å². The van der Waals surface area contributed by atoms with Crippen molar-refractivity contribution in [2.45, 2.75) is 44.3 Å². The number of nitrogens with zero attached hydrogens (tertiary/aromatic N) is 3. The molecule has 1 aliphatic heterocycles. The van der Waals surface area contributed by atoms with Crippen LogP contribution in [-0.4, -0.2) is 51.4 Å². The third kappa shape index (κ3) is 5.85. The minimum atomic E-state index is -0.0295. The van der Waals surface area contributed by atoms with E-state index in [4.69, 9.17) is 0 Å². The van der Waals surface area contributed by atoms with E-state index in [2.05, 4.69) is 37.5 Å². The van der Waals surface area contributed by atoms with Gasteiger partial charge in [-0.15, -0.1) is 5.10 Å². The molecule has 0 aliphatic carbocycles. The van der Waals surface area contributed by atoms with E-state index in [0.29, 0.717) is 12.1 Å². The smallest absolute Gasteiger partial charge is 0.251 e. The van der Waals surface area contributed by atoms with Crippen LogP contribution in [0.3, 0.4) is 0 Å². The van der Waals surface area contributed by atoms with Crippen LogP contribution >= 0.6 is 11.8 Å². The highest BCUT2D eigenvalue weighted by molar-refractivity contribution is 7.99. The molecule has 0 spiro atoms. The average molecular weight is 374 g/mol. The van der Waals surface area contributed by atoms with Crippen molar-refractivity contribution < 1.29 is 4.79 Å². The van der Waals surface area contributed by atoms with Crippen LogP contribution in [0.5, 0.6) is 0 Å². The second-order valence-corrected chi connectivity index (χ2v) is 7.76. The number of carbonyl (C=O) groups excluding carboxylic acids is 1. The number of rotatable bonds is 7. The topological polar surface area (TPSA) is 73.9 Å². The number of likely N-dealkylation sites (tertiary alicyclic amines) is 1. The molecule has 0 saturated carbocycles. The number of H-pyrrole nitrogens is 1. The first-order chi connectivity index (χ1) is 12.7. The lowest BCUT2D eigenvalue weighted by Gasteiger charge is -2.19. The average Bonchev–Trinajstić information content (AvgIpc) is 2.90. The van der Waals surface area contributed by atoms with Gasteiger partial charge in [-0.25, -0.2) is 4.98 Å². The second-order valence-electron chi connectivity index (χ2n) is 6.70. The first-order valence-electron chi connectivity index (χ1n) is 9.32. The molecule has 0 atom stereocenters. The van der Waals surface area contributed by atoms with Crippen molar-refractivity contribution in [1.29, 1.82) is 0 Å². The lowest BCUT2D eigenvalue weighted by molar-refractivity contribution is 0.0956. The highest BCUT2D eigenvalue weighted by Gasteiger charge is 2.10. The molecular formula is C19H27N5OS. The molecule has 7 heteroatoms. The Kier molecular flexibility index (Phi) is 7.08. The Morgan fingerprint density at radius 2 is 1.92 bits per heavy atom. The Morgan fingerprint density at radius 1 is 1.19 bits per heavy atom. The van der Waals surface area contributed by atoms with Gasteiger partial charge in [0.2, 0.25) is 5.16 Å². The first kappa shape index (κ1) is 18.9. The highest BCUT2D eigenvalue weighted by atomic mass is 32.2. The summed E-state index contributed by atoms with van der Waals surface area (Å²) < 4.78 is 0. The molecule has 26 heavy (non-hydrogen) atoms. The van der Waals surface area contributed by atoms with Crippen LogP contribution in [0.4, 0.5) is 0 Å². The maximum Gasteiger partial charge on any atom is 0.251 e. The number of nitrogens with one attached hydrogen (secondary N) is 2. The number of hydrogen-bond acceptors (Lipinski definition) is 5. The van der Waals surface area contributed by atoms with Crippen molar-refractivity contribution >= 4 is 17.7 Å². The zero-order chi connectivity index (χ0) is 18.2. The Morgan fingerprint density at radius 3 is 2.58 bits per heavy atom. The van der Waals surface area contributed by atoms with Gasteiger partial charge in [-0.05, 0) is 50.6 Å². The van der Waals surface area contributed by atoms with Gasteiger partial charge < -0.3 is 5.32 Å². The summed E-state index contributed by atoms with van der Waals surface area (Å²) in [6.45, 7) is 5.81. The highest BCUT2D eigenvalue weighted by Crippen LogP contribution is 2.14. The Bertz CT molecular complexity index is 692. The molecule has 1 aromatic heterocycles. The molecule has 1 fully saturated rings. The molecule has 1 aromatic carbocycles. The van der Waals surface area contributed by atoms with Gasteiger partial charge in [0.15, 0.2) is 0 Å². The van der Waals surface area contributed by atoms with Crippen LogP contribution in [0.2, 0.25) is 0 Å². The van der Waals surface area contributed by atoms with Gasteiger partial charge in [-0.2, -0.15) is 0 Å². The van der Waals surface area contributed by atoms with Gasteiger partial charge in [-0.1, -0.05) is 36.7 Å². The number of benzene rings is 1. The van der Waals surface area contributed by atoms with Crippen molar-refractivity contribution in [2.75, 3.05) is 25.4 Å². The monoisotopic (exact) mass is 373 g/mol. The molecular weight excluding hydrogens is 346 g/mol. The minimum absolute atomic E-state index is 0.0295. The fourth-order valence-corrected chi connectivity index (χ4v) is 3.81. The van der Waals surface area contributed by atoms with Gasteiger partial charge in [-0.3, -0.25) is 14.8 Å². The molecule has 1 aliphatic rings.